The number of benzene rings is 2. The number of hydrogen-bond donors (Lipinski definition) is 1. The second kappa shape index (κ2) is 9.99. The Hall–Kier alpha value is -4.09. The Morgan fingerprint density at radius 3 is 2.53 bits per heavy atom. The molecule has 0 aliphatic heterocycles. The molecule has 0 saturated heterocycles. The first kappa shape index (κ1) is 25.6. The van der Waals surface area contributed by atoms with Crippen LogP contribution in [0.25, 0.3) is 16.9 Å². The molecule has 0 radical (unpaired) electrons. The van der Waals surface area contributed by atoms with Crippen molar-refractivity contribution in [2.45, 2.75) is 12.7 Å². The molecule has 0 aliphatic rings. The molecular formula is C25H17Cl2F3N6O2. The van der Waals surface area contributed by atoms with Crippen molar-refractivity contribution in [3.8, 4) is 17.0 Å². The van der Waals surface area contributed by atoms with Crippen molar-refractivity contribution in [3.05, 3.63) is 93.9 Å². The summed E-state index contributed by atoms with van der Waals surface area (Å²) in [5.41, 5.74) is -0.292. The summed E-state index contributed by atoms with van der Waals surface area (Å²) in [6.07, 6.45) is -2.09. The predicted octanol–water partition coefficient (Wildman–Crippen LogP) is 6.23. The summed E-state index contributed by atoms with van der Waals surface area (Å²) in [5.74, 6) is -0.00265. The van der Waals surface area contributed by atoms with Gasteiger partial charge in [0.2, 0.25) is 0 Å². The molecule has 5 rings (SSSR count). The second-order valence-electron chi connectivity index (χ2n) is 8.13. The molecule has 0 unspecified atom stereocenters. The van der Waals surface area contributed by atoms with E-state index in [1.807, 2.05) is 0 Å². The Morgan fingerprint density at radius 2 is 1.84 bits per heavy atom. The van der Waals surface area contributed by atoms with Gasteiger partial charge in [-0.25, -0.2) is 9.50 Å². The molecule has 3 heterocycles. The maximum Gasteiger partial charge on any atom is 0.433 e. The van der Waals surface area contributed by atoms with Gasteiger partial charge in [0.25, 0.3) is 5.91 Å². The number of methoxy groups -OCH3 is 1. The maximum absolute atomic E-state index is 13.9. The van der Waals surface area contributed by atoms with Crippen LogP contribution < -0.4 is 10.1 Å². The van der Waals surface area contributed by atoms with Crippen molar-refractivity contribution in [2.75, 3.05) is 12.4 Å². The van der Waals surface area contributed by atoms with Gasteiger partial charge in [-0.05, 0) is 48.0 Å². The average Bonchev–Trinajstić information content (AvgIpc) is 3.51. The van der Waals surface area contributed by atoms with Crippen LogP contribution in [0.1, 0.15) is 21.6 Å². The minimum atomic E-state index is -4.75. The third-order valence-corrected chi connectivity index (χ3v) is 6.21. The quantitative estimate of drug-likeness (QED) is 0.266. The van der Waals surface area contributed by atoms with Crippen LogP contribution >= 0.6 is 23.2 Å². The number of carbonyl (C=O) groups excluding carboxylic acids is 1. The van der Waals surface area contributed by atoms with Gasteiger partial charge in [0.05, 0.1) is 25.5 Å². The molecule has 194 valence electrons. The third kappa shape index (κ3) is 5.15. The highest BCUT2D eigenvalue weighted by molar-refractivity contribution is 6.35. The molecule has 0 fully saturated rings. The van der Waals surface area contributed by atoms with E-state index in [9.17, 15) is 18.0 Å². The summed E-state index contributed by atoms with van der Waals surface area (Å²) in [5, 5.41) is 11.6. The summed E-state index contributed by atoms with van der Waals surface area (Å²) in [4.78, 5) is 17.4. The molecule has 13 heteroatoms. The molecule has 3 aromatic heterocycles. The number of anilines is 1. The highest BCUT2D eigenvalue weighted by Crippen LogP contribution is 2.33. The first-order valence-corrected chi connectivity index (χ1v) is 11.8. The summed E-state index contributed by atoms with van der Waals surface area (Å²) in [6, 6.07) is 13.9. The number of nitrogens with zero attached hydrogens (tertiary/aromatic N) is 5. The number of aromatic nitrogens is 5. The van der Waals surface area contributed by atoms with Crippen LogP contribution in [0.5, 0.6) is 5.75 Å². The lowest BCUT2D eigenvalue weighted by Crippen LogP contribution is -2.16. The zero-order valence-electron chi connectivity index (χ0n) is 19.5. The molecule has 5 aromatic rings. The summed E-state index contributed by atoms with van der Waals surface area (Å²) in [6.45, 7) is 0.310. The van der Waals surface area contributed by atoms with Gasteiger partial charge >= 0.3 is 6.18 Å². The number of amides is 1. The Balaban J connectivity index is 1.45. The minimum Gasteiger partial charge on any atom is -0.497 e. The SMILES string of the molecule is COc1ccc(-c2cc(C(F)(F)F)n3ncc(C(=O)Nc4ccn(Cc5ccc(Cl)cc5Cl)n4)c3n2)cc1. The predicted molar refractivity (Wildman–Crippen MR) is 136 cm³/mol. The lowest BCUT2D eigenvalue weighted by atomic mass is 10.1. The highest BCUT2D eigenvalue weighted by Gasteiger charge is 2.36. The van der Waals surface area contributed by atoms with Gasteiger partial charge in [-0.3, -0.25) is 9.48 Å². The summed E-state index contributed by atoms with van der Waals surface area (Å²) in [7, 11) is 1.48. The second-order valence-corrected chi connectivity index (χ2v) is 8.98. The summed E-state index contributed by atoms with van der Waals surface area (Å²) < 4.78 is 48.9. The Morgan fingerprint density at radius 1 is 1.08 bits per heavy atom. The molecule has 2 aromatic carbocycles. The Labute approximate surface area is 223 Å². The lowest BCUT2D eigenvalue weighted by molar-refractivity contribution is -0.142. The standard InChI is InChI=1S/C25H17Cl2F3N6O2/c1-38-17-6-3-14(4-7-17)20-11-21(25(28,29)30)36-23(32-20)18(12-31-36)24(37)33-22-8-9-35(34-22)13-15-2-5-16(26)10-19(15)27/h2-12H,13H2,1H3,(H,33,34,37). The number of hydrogen-bond acceptors (Lipinski definition) is 5. The molecule has 38 heavy (non-hydrogen) atoms. The van der Waals surface area contributed by atoms with Crippen LogP contribution in [-0.4, -0.2) is 37.4 Å². The van der Waals surface area contributed by atoms with Gasteiger partial charge in [-0.2, -0.15) is 23.4 Å². The van der Waals surface area contributed by atoms with E-state index in [-0.39, 0.29) is 22.7 Å². The van der Waals surface area contributed by atoms with E-state index in [1.54, 1.807) is 59.4 Å². The fourth-order valence-electron chi connectivity index (χ4n) is 3.76. The lowest BCUT2D eigenvalue weighted by Gasteiger charge is -2.12. The van der Waals surface area contributed by atoms with Crippen LogP contribution in [0.3, 0.4) is 0 Å². The number of carbonyl (C=O) groups is 1. The van der Waals surface area contributed by atoms with E-state index in [4.69, 9.17) is 27.9 Å². The van der Waals surface area contributed by atoms with Gasteiger partial charge in [0.1, 0.15) is 11.3 Å². The Kier molecular flexibility index (Phi) is 6.72. The van der Waals surface area contributed by atoms with Crippen molar-refractivity contribution >= 4 is 40.6 Å². The van der Waals surface area contributed by atoms with Crippen LogP contribution in [0.15, 0.2) is 67.0 Å². The van der Waals surface area contributed by atoms with E-state index >= 15 is 0 Å². The van der Waals surface area contributed by atoms with E-state index in [2.05, 4.69) is 20.5 Å². The Bertz CT molecular complexity index is 1650. The molecule has 0 atom stereocenters. The molecular weight excluding hydrogens is 544 g/mol. The minimum absolute atomic E-state index is 0.0196. The number of ether oxygens (including phenoxy) is 1. The number of alkyl halides is 3. The van der Waals surface area contributed by atoms with Gasteiger partial charge < -0.3 is 10.1 Å². The van der Waals surface area contributed by atoms with Gasteiger partial charge in [-0.15, -0.1) is 0 Å². The van der Waals surface area contributed by atoms with Gasteiger partial charge in [0, 0.05) is 27.9 Å². The fourth-order valence-corrected chi connectivity index (χ4v) is 4.23. The van der Waals surface area contributed by atoms with E-state index < -0.39 is 17.8 Å². The smallest absolute Gasteiger partial charge is 0.433 e. The monoisotopic (exact) mass is 560 g/mol. The van der Waals surface area contributed by atoms with Crippen LogP contribution in [-0.2, 0) is 12.7 Å². The maximum atomic E-state index is 13.9. The van der Waals surface area contributed by atoms with Crippen LogP contribution in [0.2, 0.25) is 10.0 Å². The zero-order valence-corrected chi connectivity index (χ0v) is 21.0. The number of nitrogens with one attached hydrogen (secondary N) is 1. The first-order valence-electron chi connectivity index (χ1n) is 11.0. The van der Waals surface area contributed by atoms with Crippen molar-refractivity contribution in [1.82, 2.24) is 24.4 Å². The van der Waals surface area contributed by atoms with Crippen molar-refractivity contribution in [3.63, 3.8) is 0 Å². The largest absolute Gasteiger partial charge is 0.497 e. The number of halogens is 5. The number of fused-ring (bicyclic) bond motifs is 1. The molecule has 0 spiro atoms. The molecule has 1 N–H and O–H groups in total. The van der Waals surface area contributed by atoms with Crippen molar-refractivity contribution < 1.29 is 22.7 Å². The average molecular weight is 561 g/mol. The van der Waals surface area contributed by atoms with Crippen LogP contribution in [0, 0.1) is 0 Å². The van der Waals surface area contributed by atoms with E-state index in [0.717, 1.165) is 17.8 Å². The molecule has 8 nitrogen and oxygen atoms in total. The molecule has 0 aliphatic carbocycles. The zero-order chi connectivity index (χ0) is 27.0. The first-order chi connectivity index (χ1) is 18.1. The third-order valence-electron chi connectivity index (χ3n) is 5.62. The van der Waals surface area contributed by atoms with Gasteiger partial charge in [-0.1, -0.05) is 29.3 Å². The number of rotatable bonds is 6. The van der Waals surface area contributed by atoms with Gasteiger partial charge in [0.15, 0.2) is 17.2 Å². The van der Waals surface area contributed by atoms with E-state index in [1.165, 1.54) is 7.11 Å². The highest BCUT2D eigenvalue weighted by atomic mass is 35.5. The van der Waals surface area contributed by atoms with Crippen molar-refractivity contribution in [2.24, 2.45) is 0 Å². The van der Waals surface area contributed by atoms with Crippen molar-refractivity contribution in [1.29, 1.82) is 0 Å². The normalized spacial score (nSPS) is 11.6. The summed E-state index contributed by atoms with van der Waals surface area (Å²) >= 11 is 12.1. The van der Waals surface area contributed by atoms with Crippen LogP contribution in [0.4, 0.5) is 19.0 Å². The topological polar surface area (TPSA) is 86.3 Å². The molecule has 0 bridgehead atoms. The van der Waals surface area contributed by atoms with E-state index in [0.29, 0.717) is 32.4 Å². The fraction of sp³-hybridized carbons (Fsp3) is 0.120. The molecule has 0 saturated carbocycles. The molecule has 1 amide bonds.